The number of nitrogens with zero attached hydrogens (tertiary/aromatic N) is 2. The molecule has 0 saturated carbocycles. The number of para-hydroxylation sites is 1. The quantitative estimate of drug-likeness (QED) is 0.807. The van der Waals surface area contributed by atoms with E-state index in [9.17, 15) is 4.79 Å². The molecule has 0 aliphatic carbocycles. The van der Waals surface area contributed by atoms with Gasteiger partial charge in [0, 0.05) is 31.2 Å². The Morgan fingerprint density at radius 3 is 3.00 bits per heavy atom. The second kappa shape index (κ2) is 7.95. The van der Waals surface area contributed by atoms with Crippen LogP contribution < -0.4 is 10.2 Å². The highest BCUT2D eigenvalue weighted by Crippen LogP contribution is 2.28. The molecule has 4 heteroatoms. The Labute approximate surface area is 143 Å². The van der Waals surface area contributed by atoms with E-state index in [4.69, 9.17) is 0 Å². The van der Waals surface area contributed by atoms with Crippen molar-refractivity contribution in [1.82, 2.24) is 4.98 Å². The number of unbranched alkanes of at least 4 members (excludes halogenated alkanes) is 2. The van der Waals surface area contributed by atoms with Crippen molar-refractivity contribution in [2.75, 3.05) is 23.3 Å². The number of benzene rings is 1. The number of carbonyl (C=O) groups is 1. The summed E-state index contributed by atoms with van der Waals surface area (Å²) < 4.78 is 0. The molecule has 1 N–H and O–H groups in total. The number of nitrogens with one attached hydrogen (secondary N) is 1. The van der Waals surface area contributed by atoms with Crippen LogP contribution in [0, 0.1) is 0 Å². The molecule has 24 heavy (non-hydrogen) atoms. The highest BCUT2D eigenvalue weighted by molar-refractivity contribution is 6.07. The highest BCUT2D eigenvalue weighted by Gasteiger charge is 2.23. The molecule has 0 atom stereocenters. The van der Waals surface area contributed by atoms with E-state index in [-0.39, 0.29) is 5.91 Å². The summed E-state index contributed by atoms with van der Waals surface area (Å²) in [5, 5.41) is 3.36. The van der Waals surface area contributed by atoms with Gasteiger partial charge in [0.1, 0.15) is 0 Å². The van der Waals surface area contributed by atoms with Gasteiger partial charge in [-0.05, 0) is 37.0 Å². The molecule has 0 spiro atoms. The fraction of sp³-hybridized carbons (Fsp3) is 0.400. The summed E-state index contributed by atoms with van der Waals surface area (Å²) in [7, 11) is 0. The van der Waals surface area contributed by atoms with Crippen molar-refractivity contribution in [3.05, 3.63) is 53.9 Å². The maximum absolute atomic E-state index is 12.9. The normalized spacial score (nSPS) is 13.5. The third-order valence-electron chi connectivity index (χ3n) is 4.45. The molecule has 0 saturated heterocycles. The predicted octanol–water partition coefficient (Wildman–Crippen LogP) is 4.28. The van der Waals surface area contributed by atoms with Crippen molar-refractivity contribution in [2.45, 2.75) is 39.0 Å². The van der Waals surface area contributed by atoms with Gasteiger partial charge in [-0.1, -0.05) is 38.0 Å². The van der Waals surface area contributed by atoms with Gasteiger partial charge in [-0.25, -0.2) is 0 Å². The van der Waals surface area contributed by atoms with Crippen LogP contribution in [0.15, 0.2) is 42.7 Å². The molecule has 0 radical (unpaired) electrons. The summed E-state index contributed by atoms with van der Waals surface area (Å²) >= 11 is 0. The zero-order valence-corrected chi connectivity index (χ0v) is 14.3. The number of pyridine rings is 1. The number of amides is 1. The predicted molar refractivity (Wildman–Crippen MR) is 98.7 cm³/mol. The number of hydrogen-bond acceptors (Lipinski definition) is 3. The zero-order chi connectivity index (χ0) is 16.8. The third kappa shape index (κ3) is 3.75. The minimum absolute atomic E-state index is 0.0341. The zero-order valence-electron chi connectivity index (χ0n) is 14.3. The maximum atomic E-state index is 12.9. The molecule has 1 amide bonds. The Morgan fingerprint density at radius 2 is 2.12 bits per heavy atom. The monoisotopic (exact) mass is 323 g/mol. The maximum Gasteiger partial charge on any atom is 0.259 e. The van der Waals surface area contributed by atoms with Crippen LogP contribution in [0.4, 0.5) is 11.4 Å². The average molecular weight is 323 g/mol. The number of hydrogen-bond donors (Lipinski definition) is 1. The van der Waals surface area contributed by atoms with E-state index in [1.54, 1.807) is 12.4 Å². The minimum atomic E-state index is 0.0341. The van der Waals surface area contributed by atoms with E-state index in [0.717, 1.165) is 43.7 Å². The molecule has 0 fully saturated rings. The topological polar surface area (TPSA) is 45.2 Å². The van der Waals surface area contributed by atoms with Crippen molar-refractivity contribution in [2.24, 2.45) is 0 Å². The van der Waals surface area contributed by atoms with Gasteiger partial charge in [0.2, 0.25) is 0 Å². The van der Waals surface area contributed by atoms with E-state index in [2.05, 4.69) is 23.3 Å². The number of aromatic nitrogens is 1. The second-order valence-electron chi connectivity index (χ2n) is 6.29. The Morgan fingerprint density at radius 1 is 1.25 bits per heavy atom. The van der Waals surface area contributed by atoms with Crippen molar-refractivity contribution in [3.8, 4) is 0 Å². The first-order valence-corrected chi connectivity index (χ1v) is 8.88. The fourth-order valence-electron chi connectivity index (χ4n) is 3.16. The van der Waals surface area contributed by atoms with E-state index in [0.29, 0.717) is 5.56 Å². The molecule has 1 aliphatic rings. The van der Waals surface area contributed by atoms with Crippen molar-refractivity contribution >= 4 is 17.3 Å². The van der Waals surface area contributed by atoms with Crippen molar-refractivity contribution in [1.29, 1.82) is 0 Å². The lowest BCUT2D eigenvalue weighted by molar-refractivity contribution is 0.0985. The van der Waals surface area contributed by atoms with Gasteiger partial charge >= 0.3 is 0 Å². The highest BCUT2D eigenvalue weighted by atomic mass is 16.2. The number of fused-ring (bicyclic) bond motifs is 1. The van der Waals surface area contributed by atoms with Gasteiger partial charge in [-0.3, -0.25) is 9.78 Å². The summed E-state index contributed by atoms with van der Waals surface area (Å²) in [4.78, 5) is 19.1. The van der Waals surface area contributed by atoms with Crippen LogP contribution in [-0.4, -0.2) is 24.0 Å². The van der Waals surface area contributed by atoms with Gasteiger partial charge in [-0.15, -0.1) is 0 Å². The van der Waals surface area contributed by atoms with Crippen LogP contribution in [-0.2, 0) is 6.42 Å². The van der Waals surface area contributed by atoms with Crippen molar-refractivity contribution < 1.29 is 4.79 Å². The molecule has 2 aromatic rings. The van der Waals surface area contributed by atoms with Gasteiger partial charge in [0.15, 0.2) is 0 Å². The molecule has 0 bridgehead atoms. The Balaban J connectivity index is 1.74. The third-order valence-corrected chi connectivity index (χ3v) is 4.45. The van der Waals surface area contributed by atoms with Crippen LogP contribution in [0.2, 0.25) is 0 Å². The van der Waals surface area contributed by atoms with Gasteiger partial charge in [0.25, 0.3) is 5.91 Å². The van der Waals surface area contributed by atoms with Crippen LogP contribution in [0.5, 0.6) is 0 Å². The summed E-state index contributed by atoms with van der Waals surface area (Å²) in [5.74, 6) is 0.0341. The lowest BCUT2D eigenvalue weighted by Gasteiger charge is -2.29. The van der Waals surface area contributed by atoms with Gasteiger partial charge < -0.3 is 10.2 Å². The Kier molecular flexibility index (Phi) is 5.47. The van der Waals surface area contributed by atoms with Crippen LogP contribution in [0.25, 0.3) is 0 Å². The minimum Gasteiger partial charge on any atom is -0.384 e. The lowest BCUT2D eigenvalue weighted by Crippen LogP contribution is -2.35. The van der Waals surface area contributed by atoms with Crippen LogP contribution in [0.3, 0.4) is 0 Å². The number of rotatable bonds is 6. The first-order chi connectivity index (χ1) is 11.8. The van der Waals surface area contributed by atoms with Gasteiger partial charge in [-0.2, -0.15) is 0 Å². The molecule has 3 rings (SSSR count). The largest absolute Gasteiger partial charge is 0.384 e. The first kappa shape index (κ1) is 16.5. The SMILES string of the molecule is CCCCCNc1cncc(C(=O)N2CCCc3ccccc32)c1. The molecule has 2 heterocycles. The standard InChI is InChI=1S/C20H25N3O/c1-2-3-6-11-22-18-13-17(14-21-15-18)20(24)23-12-7-9-16-8-4-5-10-19(16)23/h4-5,8,10,13-15,22H,2-3,6-7,9,11-12H2,1H3. The van der Waals surface area contributed by atoms with Crippen LogP contribution >= 0.6 is 0 Å². The smallest absolute Gasteiger partial charge is 0.259 e. The van der Waals surface area contributed by atoms with E-state index in [1.807, 2.05) is 29.2 Å². The molecule has 4 nitrogen and oxygen atoms in total. The molecule has 0 unspecified atom stereocenters. The molecule has 126 valence electrons. The Hall–Kier alpha value is -2.36. The van der Waals surface area contributed by atoms with E-state index in [1.165, 1.54) is 18.4 Å². The second-order valence-corrected chi connectivity index (χ2v) is 6.29. The first-order valence-electron chi connectivity index (χ1n) is 8.88. The molecule has 1 aliphatic heterocycles. The summed E-state index contributed by atoms with van der Waals surface area (Å²) in [6.07, 6.45) is 9.04. The number of aryl methyl sites for hydroxylation is 1. The van der Waals surface area contributed by atoms with E-state index >= 15 is 0 Å². The number of anilines is 2. The lowest BCUT2D eigenvalue weighted by atomic mass is 10.0. The summed E-state index contributed by atoms with van der Waals surface area (Å²) in [6, 6.07) is 10.1. The molecular weight excluding hydrogens is 298 g/mol. The average Bonchev–Trinajstić information content (AvgIpc) is 2.64. The van der Waals surface area contributed by atoms with Crippen molar-refractivity contribution in [3.63, 3.8) is 0 Å². The van der Waals surface area contributed by atoms with Gasteiger partial charge in [0.05, 0.1) is 11.3 Å². The summed E-state index contributed by atoms with van der Waals surface area (Å²) in [6.45, 7) is 3.88. The van der Waals surface area contributed by atoms with Crippen LogP contribution in [0.1, 0.15) is 48.5 Å². The molecular formula is C20H25N3O. The molecule has 1 aromatic heterocycles. The summed E-state index contributed by atoms with van der Waals surface area (Å²) in [5.41, 5.74) is 3.85. The fourth-order valence-corrected chi connectivity index (χ4v) is 3.16. The Bertz CT molecular complexity index is 699. The molecule has 1 aromatic carbocycles. The number of carbonyl (C=O) groups excluding carboxylic acids is 1. The van der Waals surface area contributed by atoms with E-state index < -0.39 is 0 Å².